The van der Waals surface area contributed by atoms with Crippen molar-refractivity contribution in [3.8, 4) is 0 Å². The van der Waals surface area contributed by atoms with Crippen LogP contribution in [0.2, 0.25) is 0 Å². The van der Waals surface area contributed by atoms with Crippen LogP contribution in [0.1, 0.15) is 31.2 Å². The Hall–Kier alpha value is -2.60. The molecular formula is C22H29N5O. The van der Waals surface area contributed by atoms with Gasteiger partial charge in [0.25, 0.3) is 0 Å². The smallest absolute Gasteiger partial charge is 0.227 e. The molecule has 0 unspecified atom stereocenters. The molecule has 0 aliphatic carbocycles. The van der Waals surface area contributed by atoms with E-state index in [2.05, 4.69) is 45.5 Å². The topological polar surface area (TPSA) is 57.2 Å². The van der Waals surface area contributed by atoms with E-state index in [1.165, 1.54) is 0 Å². The Kier molecular flexibility index (Phi) is 5.48. The van der Waals surface area contributed by atoms with E-state index in [0.29, 0.717) is 12.3 Å². The van der Waals surface area contributed by atoms with Gasteiger partial charge in [0.15, 0.2) is 0 Å². The number of nitrogens with one attached hydrogen (secondary N) is 1. The minimum atomic E-state index is 0.223. The molecule has 148 valence electrons. The monoisotopic (exact) mass is 379 g/mol. The van der Waals surface area contributed by atoms with Crippen LogP contribution in [-0.4, -0.2) is 63.0 Å². The number of hydrogen-bond donors (Lipinski definition) is 1. The molecule has 1 amide bonds. The Labute approximate surface area is 166 Å². The zero-order valence-corrected chi connectivity index (χ0v) is 16.8. The number of rotatable bonds is 6. The Morgan fingerprint density at radius 2 is 1.93 bits per heavy atom. The van der Waals surface area contributed by atoms with Crippen molar-refractivity contribution in [2.45, 2.75) is 32.7 Å². The van der Waals surface area contributed by atoms with Gasteiger partial charge in [-0.05, 0) is 11.6 Å². The van der Waals surface area contributed by atoms with Crippen molar-refractivity contribution < 1.29 is 4.79 Å². The molecule has 28 heavy (non-hydrogen) atoms. The molecule has 1 aliphatic rings. The molecule has 6 nitrogen and oxygen atoms in total. The lowest BCUT2D eigenvalue weighted by Crippen LogP contribution is -2.49. The number of carbonyl (C=O) groups is 1. The van der Waals surface area contributed by atoms with E-state index in [4.69, 9.17) is 0 Å². The van der Waals surface area contributed by atoms with Gasteiger partial charge in [0, 0.05) is 74.7 Å². The molecule has 4 rings (SSSR count). The van der Waals surface area contributed by atoms with Crippen LogP contribution in [0.3, 0.4) is 0 Å². The number of aromatic nitrogens is 3. The summed E-state index contributed by atoms with van der Waals surface area (Å²) in [5.41, 5.74) is 2.18. The van der Waals surface area contributed by atoms with Gasteiger partial charge in [0.2, 0.25) is 5.91 Å². The van der Waals surface area contributed by atoms with Crippen LogP contribution in [0.25, 0.3) is 10.9 Å². The Balaban J connectivity index is 1.28. The number of nitrogens with zero attached hydrogens (tertiary/aromatic N) is 4. The molecule has 1 aromatic carbocycles. The molecule has 0 atom stereocenters. The molecule has 2 aromatic heterocycles. The number of hydrogen-bond acceptors (Lipinski definition) is 3. The molecule has 0 saturated carbocycles. The van der Waals surface area contributed by atoms with Crippen LogP contribution >= 0.6 is 0 Å². The predicted molar refractivity (Wildman–Crippen MR) is 111 cm³/mol. The number of amides is 1. The van der Waals surface area contributed by atoms with Crippen molar-refractivity contribution >= 4 is 16.8 Å². The average Bonchev–Trinajstić information content (AvgIpc) is 3.34. The molecule has 3 aromatic rings. The fourth-order valence-corrected chi connectivity index (χ4v) is 4.03. The first-order chi connectivity index (χ1) is 13.6. The largest absolute Gasteiger partial charge is 0.361 e. The number of imidazole rings is 1. The summed E-state index contributed by atoms with van der Waals surface area (Å²) >= 11 is 0. The highest BCUT2D eigenvalue weighted by atomic mass is 16.2. The number of H-pyrrole nitrogens is 1. The SMILES string of the molecule is CC(C)c1nccn1CCN1CCN(C(=O)Cc2c[nH]c3ccccc23)CC1. The van der Waals surface area contributed by atoms with Gasteiger partial charge < -0.3 is 14.5 Å². The highest BCUT2D eigenvalue weighted by Gasteiger charge is 2.22. The lowest BCUT2D eigenvalue weighted by Gasteiger charge is -2.35. The van der Waals surface area contributed by atoms with Crippen molar-refractivity contribution in [1.29, 1.82) is 0 Å². The van der Waals surface area contributed by atoms with E-state index in [1.807, 2.05) is 35.5 Å². The van der Waals surface area contributed by atoms with Crippen molar-refractivity contribution in [1.82, 2.24) is 24.3 Å². The van der Waals surface area contributed by atoms with Crippen LogP contribution in [0, 0.1) is 0 Å². The van der Waals surface area contributed by atoms with Crippen molar-refractivity contribution in [3.05, 3.63) is 54.2 Å². The van der Waals surface area contributed by atoms with Gasteiger partial charge in [0.1, 0.15) is 5.82 Å². The molecule has 1 fully saturated rings. The van der Waals surface area contributed by atoms with Gasteiger partial charge in [-0.25, -0.2) is 4.98 Å². The molecule has 6 heteroatoms. The Bertz CT molecular complexity index is 933. The maximum absolute atomic E-state index is 12.8. The summed E-state index contributed by atoms with van der Waals surface area (Å²) in [5.74, 6) is 1.81. The molecule has 0 radical (unpaired) electrons. The van der Waals surface area contributed by atoms with Crippen molar-refractivity contribution in [3.63, 3.8) is 0 Å². The average molecular weight is 380 g/mol. The lowest BCUT2D eigenvalue weighted by molar-refractivity contribution is -0.132. The molecular weight excluding hydrogens is 350 g/mol. The summed E-state index contributed by atoms with van der Waals surface area (Å²) in [7, 11) is 0. The maximum atomic E-state index is 12.8. The van der Waals surface area contributed by atoms with E-state index < -0.39 is 0 Å². The Morgan fingerprint density at radius 1 is 1.14 bits per heavy atom. The minimum Gasteiger partial charge on any atom is -0.361 e. The summed E-state index contributed by atoms with van der Waals surface area (Å²) < 4.78 is 2.25. The van der Waals surface area contributed by atoms with Crippen LogP contribution in [0.5, 0.6) is 0 Å². The molecule has 3 heterocycles. The van der Waals surface area contributed by atoms with Crippen LogP contribution in [0.15, 0.2) is 42.9 Å². The van der Waals surface area contributed by atoms with Gasteiger partial charge in [-0.1, -0.05) is 32.0 Å². The van der Waals surface area contributed by atoms with Crippen molar-refractivity contribution in [2.75, 3.05) is 32.7 Å². The second-order valence-electron chi connectivity index (χ2n) is 7.89. The van der Waals surface area contributed by atoms with Gasteiger partial charge >= 0.3 is 0 Å². The van der Waals surface area contributed by atoms with Crippen LogP contribution in [-0.2, 0) is 17.8 Å². The second kappa shape index (κ2) is 8.19. The van der Waals surface area contributed by atoms with Crippen LogP contribution < -0.4 is 0 Å². The van der Waals surface area contributed by atoms with Gasteiger partial charge in [-0.2, -0.15) is 0 Å². The maximum Gasteiger partial charge on any atom is 0.227 e. The van der Waals surface area contributed by atoms with E-state index in [1.54, 1.807) is 0 Å². The third-order valence-corrected chi connectivity index (χ3v) is 5.66. The quantitative estimate of drug-likeness (QED) is 0.716. The van der Waals surface area contributed by atoms with Gasteiger partial charge in [-0.3, -0.25) is 9.69 Å². The normalized spacial score (nSPS) is 15.6. The summed E-state index contributed by atoms with van der Waals surface area (Å²) in [5, 5.41) is 1.15. The zero-order chi connectivity index (χ0) is 19.5. The third kappa shape index (κ3) is 3.97. The molecule has 1 saturated heterocycles. The van der Waals surface area contributed by atoms with E-state index in [-0.39, 0.29) is 5.91 Å². The number of benzene rings is 1. The molecule has 1 aliphatic heterocycles. The lowest BCUT2D eigenvalue weighted by atomic mass is 10.1. The molecule has 1 N–H and O–H groups in total. The van der Waals surface area contributed by atoms with Crippen molar-refractivity contribution in [2.24, 2.45) is 0 Å². The number of piperazine rings is 1. The third-order valence-electron chi connectivity index (χ3n) is 5.66. The first-order valence-electron chi connectivity index (χ1n) is 10.2. The molecule has 0 bridgehead atoms. The molecule has 0 spiro atoms. The summed E-state index contributed by atoms with van der Waals surface area (Å²) in [6.45, 7) is 9.80. The second-order valence-corrected chi connectivity index (χ2v) is 7.89. The number of aromatic amines is 1. The zero-order valence-electron chi connectivity index (χ0n) is 16.8. The predicted octanol–water partition coefficient (Wildman–Crippen LogP) is 2.87. The first kappa shape index (κ1) is 18.7. The summed E-state index contributed by atoms with van der Waals surface area (Å²) in [6.07, 6.45) is 6.39. The Morgan fingerprint density at radius 3 is 2.71 bits per heavy atom. The standard InChI is InChI=1S/C22H29N5O/c1-17(2)22-23-7-8-27(22)14-11-25-9-12-26(13-10-25)21(28)15-18-16-24-20-6-4-3-5-19(18)20/h3-8,16-17,24H,9-15H2,1-2H3. The van der Waals surface area contributed by atoms with Gasteiger partial charge in [0.05, 0.1) is 6.42 Å². The highest BCUT2D eigenvalue weighted by Crippen LogP contribution is 2.19. The minimum absolute atomic E-state index is 0.223. The van der Waals surface area contributed by atoms with Gasteiger partial charge in [-0.15, -0.1) is 0 Å². The van der Waals surface area contributed by atoms with E-state index >= 15 is 0 Å². The summed E-state index contributed by atoms with van der Waals surface area (Å²) in [4.78, 5) is 24.9. The number of carbonyl (C=O) groups excluding carboxylic acids is 1. The first-order valence-corrected chi connectivity index (χ1v) is 10.2. The highest BCUT2D eigenvalue weighted by molar-refractivity contribution is 5.88. The summed E-state index contributed by atoms with van der Waals surface area (Å²) in [6, 6.07) is 8.16. The van der Waals surface area contributed by atoms with E-state index in [0.717, 1.165) is 61.6 Å². The number of para-hydroxylation sites is 1. The fourth-order valence-electron chi connectivity index (χ4n) is 4.03. The van der Waals surface area contributed by atoms with Crippen LogP contribution in [0.4, 0.5) is 0 Å². The fraction of sp³-hybridized carbons (Fsp3) is 0.455. The number of fused-ring (bicyclic) bond motifs is 1. The van der Waals surface area contributed by atoms with E-state index in [9.17, 15) is 4.79 Å².